The van der Waals surface area contributed by atoms with E-state index in [1.807, 2.05) is 0 Å². The summed E-state index contributed by atoms with van der Waals surface area (Å²) >= 11 is 1.44. The molecular formula is C5H11NaO4S2. The van der Waals surface area contributed by atoms with Gasteiger partial charge in [-0.2, -0.15) is 11.8 Å². The van der Waals surface area contributed by atoms with Crippen LogP contribution in [0.4, 0.5) is 0 Å². The predicted molar refractivity (Wildman–Crippen MR) is 43.6 cm³/mol. The molecule has 0 fully saturated rings. The monoisotopic (exact) mass is 222 g/mol. The summed E-state index contributed by atoms with van der Waals surface area (Å²) in [7, 11) is -4.04. The molecule has 0 heterocycles. The predicted octanol–water partition coefficient (Wildman–Crippen LogP) is -3.35. The van der Waals surface area contributed by atoms with E-state index >= 15 is 0 Å². The summed E-state index contributed by atoms with van der Waals surface area (Å²) < 4.78 is 30.1. The van der Waals surface area contributed by atoms with Crippen LogP contribution in [0.1, 0.15) is 6.42 Å². The van der Waals surface area contributed by atoms with E-state index in [1.165, 1.54) is 11.8 Å². The summed E-state index contributed by atoms with van der Waals surface area (Å²) in [5, 5.41) is 8.32. The van der Waals surface area contributed by atoms with Crippen LogP contribution in [0.2, 0.25) is 0 Å². The summed E-state index contributed by atoms with van der Waals surface area (Å²) in [6.07, 6.45) is 0.372. The Morgan fingerprint density at radius 3 is 2.33 bits per heavy atom. The second kappa shape index (κ2) is 8.80. The maximum absolute atomic E-state index is 10.0. The van der Waals surface area contributed by atoms with Gasteiger partial charge in [-0.15, -0.1) is 0 Å². The van der Waals surface area contributed by atoms with Gasteiger partial charge in [-0.25, -0.2) is 8.42 Å². The minimum absolute atomic E-state index is 0. The number of aliphatic hydroxyl groups excluding tert-OH is 1. The molecule has 0 unspecified atom stereocenters. The standard InChI is InChI=1S/C5H12O4S2.Na/c6-2-4-10-3-1-5-11(7,8)9;/h6H,1-5H2,(H,7,8,9);/q;+1/p-1. The van der Waals surface area contributed by atoms with E-state index in [1.54, 1.807) is 0 Å². The minimum atomic E-state index is -4.04. The summed E-state index contributed by atoms with van der Waals surface area (Å²) in [6, 6.07) is 0. The zero-order valence-corrected chi connectivity index (χ0v) is 10.7. The molecule has 0 amide bonds. The summed E-state index contributed by atoms with van der Waals surface area (Å²) in [6.45, 7) is 0.0921. The Bertz CT molecular complexity index is 180. The van der Waals surface area contributed by atoms with E-state index < -0.39 is 10.1 Å². The fourth-order valence-corrected chi connectivity index (χ4v) is 1.87. The van der Waals surface area contributed by atoms with Gasteiger partial charge in [0.1, 0.15) is 0 Å². The molecule has 0 aromatic heterocycles. The summed E-state index contributed by atoms with van der Waals surface area (Å²) in [5.41, 5.74) is 0. The second-order valence-corrected chi connectivity index (χ2v) is 4.70. The molecule has 0 aromatic carbocycles. The van der Waals surface area contributed by atoms with Crippen molar-refractivity contribution in [1.82, 2.24) is 0 Å². The van der Waals surface area contributed by atoms with Gasteiger partial charge in [-0.3, -0.25) is 0 Å². The zero-order valence-electron chi connectivity index (χ0n) is 7.02. The SMILES string of the molecule is O=S(=O)([O-])CCCSCCO.[Na+]. The first-order valence-electron chi connectivity index (χ1n) is 3.18. The number of hydrogen-bond donors (Lipinski definition) is 1. The van der Waals surface area contributed by atoms with Gasteiger partial charge in [-0.1, -0.05) is 0 Å². The summed E-state index contributed by atoms with van der Waals surface area (Å²) in [4.78, 5) is 0. The van der Waals surface area contributed by atoms with Crippen LogP contribution in [-0.2, 0) is 10.1 Å². The first-order chi connectivity index (χ1) is 5.06. The Kier molecular flexibility index (Phi) is 11.5. The molecule has 0 saturated heterocycles. The second-order valence-electron chi connectivity index (χ2n) is 1.95. The Morgan fingerprint density at radius 1 is 1.33 bits per heavy atom. The van der Waals surface area contributed by atoms with Gasteiger partial charge in [0.2, 0.25) is 0 Å². The molecule has 0 spiro atoms. The average molecular weight is 222 g/mol. The van der Waals surface area contributed by atoms with Gasteiger partial charge >= 0.3 is 29.6 Å². The maximum atomic E-state index is 10.0. The molecule has 0 bridgehead atoms. The quantitative estimate of drug-likeness (QED) is 0.289. The Morgan fingerprint density at radius 2 is 1.92 bits per heavy atom. The van der Waals surface area contributed by atoms with Gasteiger partial charge in [0.15, 0.2) is 0 Å². The first-order valence-corrected chi connectivity index (χ1v) is 5.91. The fourth-order valence-electron chi connectivity index (χ4n) is 0.504. The normalized spacial score (nSPS) is 10.8. The van der Waals surface area contributed by atoms with Crippen molar-refractivity contribution in [3.05, 3.63) is 0 Å². The van der Waals surface area contributed by atoms with E-state index in [0.717, 1.165) is 0 Å². The van der Waals surface area contributed by atoms with E-state index in [9.17, 15) is 13.0 Å². The molecule has 0 atom stereocenters. The van der Waals surface area contributed by atoms with Crippen LogP contribution in [-0.4, -0.2) is 41.9 Å². The first kappa shape index (κ1) is 15.7. The number of hydrogen-bond acceptors (Lipinski definition) is 5. The molecule has 0 aliphatic heterocycles. The van der Waals surface area contributed by atoms with Crippen molar-refractivity contribution in [3.63, 3.8) is 0 Å². The van der Waals surface area contributed by atoms with Crippen LogP contribution < -0.4 is 29.6 Å². The van der Waals surface area contributed by atoms with E-state index in [-0.39, 0.29) is 41.9 Å². The van der Waals surface area contributed by atoms with Crippen molar-refractivity contribution in [1.29, 1.82) is 0 Å². The Balaban J connectivity index is 0. The molecule has 0 radical (unpaired) electrons. The van der Waals surface area contributed by atoms with Crippen molar-refractivity contribution >= 4 is 21.9 Å². The van der Waals surface area contributed by atoms with Crippen LogP contribution in [0, 0.1) is 0 Å². The van der Waals surface area contributed by atoms with Crippen molar-refractivity contribution in [2.75, 3.05) is 23.9 Å². The largest absolute Gasteiger partial charge is 1.00 e. The molecule has 0 saturated carbocycles. The Hall–Kier alpha value is 1.22. The molecule has 12 heavy (non-hydrogen) atoms. The molecule has 4 nitrogen and oxygen atoms in total. The maximum Gasteiger partial charge on any atom is 1.00 e. The zero-order chi connectivity index (χ0) is 8.74. The third kappa shape index (κ3) is 13.8. The molecule has 68 valence electrons. The van der Waals surface area contributed by atoms with Gasteiger partial charge in [0.25, 0.3) is 0 Å². The number of thioether (sulfide) groups is 1. The van der Waals surface area contributed by atoms with Crippen LogP contribution in [0.5, 0.6) is 0 Å². The molecule has 7 heteroatoms. The smallest absolute Gasteiger partial charge is 0.748 e. The fraction of sp³-hybridized carbons (Fsp3) is 1.00. The van der Waals surface area contributed by atoms with E-state index in [0.29, 0.717) is 17.9 Å². The van der Waals surface area contributed by atoms with Crippen LogP contribution in [0.25, 0.3) is 0 Å². The van der Waals surface area contributed by atoms with E-state index in [2.05, 4.69) is 0 Å². The molecule has 0 aromatic rings. The van der Waals surface area contributed by atoms with E-state index in [4.69, 9.17) is 5.11 Å². The molecule has 0 aliphatic rings. The average Bonchev–Trinajstić information content (AvgIpc) is 1.85. The molecular weight excluding hydrogens is 211 g/mol. The number of aliphatic hydroxyl groups is 1. The molecule has 0 rings (SSSR count). The van der Waals surface area contributed by atoms with Crippen LogP contribution in [0.15, 0.2) is 0 Å². The Labute approximate surface area is 99.2 Å². The number of rotatable bonds is 6. The van der Waals surface area contributed by atoms with Crippen LogP contribution >= 0.6 is 11.8 Å². The molecule has 0 aliphatic carbocycles. The van der Waals surface area contributed by atoms with Crippen LogP contribution in [0.3, 0.4) is 0 Å². The minimum Gasteiger partial charge on any atom is -0.748 e. The van der Waals surface area contributed by atoms with Crippen molar-refractivity contribution in [2.24, 2.45) is 0 Å². The van der Waals surface area contributed by atoms with Gasteiger partial charge in [0.05, 0.1) is 16.7 Å². The van der Waals surface area contributed by atoms with Crippen molar-refractivity contribution < 1.29 is 47.6 Å². The van der Waals surface area contributed by atoms with Gasteiger partial charge in [0, 0.05) is 11.5 Å². The third-order valence-electron chi connectivity index (χ3n) is 0.919. The van der Waals surface area contributed by atoms with Gasteiger partial charge < -0.3 is 9.66 Å². The van der Waals surface area contributed by atoms with Gasteiger partial charge in [-0.05, 0) is 12.2 Å². The molecule has 1 N–H and O–H groups in total. The van der Waals surface area contributed by atoms with Crippen molar-refractivity contribution in [3.8, 4) is 0 Å². The van der Waals surface area contributed by atoms with Crippen molar-refractivity contribution in [2.45, 2.75) is 6.42 Å². The summed E-state index contributed by atoms with van der Waals surface area (Å²) in [5.74, 6) is 0.909. The third-order valence-corrected chi connectivity index (χ3v) is 2.76. The topological polar surface area (TPSA) is 77.4 Å².